The van der Waals surface area contributed by atoms with Gasteiger partial charge in [-0.25, -0.2) is 0 Å². The van der Waals surface area contributed by atoms with E-state index < -0.39 is 0 Å². The second kappa shape index (κ2) is 7.04. The summed E-state index contributed by atoms with van der Waals surface area (Å²) >= 11 is 0. The quantitative estimate of drug-likeness (QED) is 0.811. The van der Waals surface area contributed by atoms with Crippen molar-refractivity contribution >= 4 is 5.91 Å². The Bertz CT molecular complexity index is 365. The van der Waals surface area contributed by atoms with Crippen LogP contribution in [0, 0.1) is 0 Å². The van der Waals surface area contributed by atoms with E-state index in [1.165, 1.54) is 0 Å². The summed E-state index contributed by atoms with van der Waals surface area (Å²) in [6, 6.07) is 7.38. The number of amides is 1. The average Bonchev–Trinajstić information content (AvgIpc) is 2.36. The number of carbonyl (C=O) groups excluding carboxylic acids is 1. The number of nitrogens with zero attached hydrogens (tertiary/aromatic N) is 1. The minimum absolute atomic E-state index is 0.0218. The van der Waals surface area contributed by atoms with Gasteiger partial charge in [0.15, 0.2) is 0 Å². The van der Waals surface area contributed by atoms with Gasteiger partial charge in [0.1, 0.15) is 0 Å². The van der Waals surface area contributed by atoms with E-state index in [1.807, 2.05) is 25.1 Å². The van der Waals surface area contributed by atoms with Crippen LogP contribution in [0.1, 0.15) is 22.8 Å². The average molecular weight is 237 g/mol. The monoisotopic (exact) mass is 237 g/mol. The van der Waals surface area contributed by atoms with Crippen molar-refractivity contribution in [2.45, 2.75) is 13.5 Å². The van der Waals surface area contributed by atoms with Gasteiger partial charge in [-0.3, -0.25) is 4.79 Å². The highest BCUT2D eigenvalue weighted by atomic mass is 16.5. The van der Waals surface area contributed by atoms with Crippen molar-refractivity contribution < 1.29 is 14.6 Å². The fourth-order valence-corrected chi connectivity index (χ4v) is 1.70. The van der Waals surface area contributed by atoms with E-state index in [9.17, 15) is 4.79 Å². The van der Waals surface area contributed by atoms with E-state index in [0.717, 1.165) is 5.56 Å². The van der Waals surface area contributed by atoms with Crippen molar-refractivity contribution in [3.63, 3.8) is 0 Å². The van der Waals surface area contributed by atoms with Gasteiger partial charge in [0.05, 0.1) is 13.2 Å². The number of hydrogen-bond donors (Lipinski definition) is 1. The van der Waals surface area contributed by atoms with Gasteiger partial charge in [-0.05, 0) is 18.6 Å². The lowest BCUT2D eigenvalue weighted by atomic mass is 10.1. The van der Waals surface area contributed by atoms with Crippen LogP contribution in [-0.2, 0) is 11.3 Å². The molecule has 0 aliphatic carbocycles. The minimum Gasteiger partial charge on any atom is -0.395 e. The maximum absolute atomic E-state index is 12.2. The first-order valence-corrected chi connectivity index (χ1v) is 5.71. The zero-order valence-corrected chi connectivity index (χ0v) is 10.3. The zero-order chi connectivity index (χ0) is 12.7. The van der Waals surface area contributed by atoms with Gasteiger partial charge in [0.25, 0.3) is 5.91 Å². The normalized spacial score (nSPS) is 10.3. The van der Waals surface area contributed by atoms with E-state index in [-0.39, 0.29) is 12.5 Å². The van der Waals surface area contributed by atoms with Crippen LogP contribution < -0.4 is 0 Å². The molecule has 1 aromatic carbocycles. The highest BCUT2D eigenvalue weighted by Crippen LogP contribution is 2.12. The number of benzene rings is 1. The molecule has 0 saturated heterocycles. The van der Waals surface area contributed by atoms with E-state index in [4.69, 9.17) is 9.84 Å². The summed E-state index contributed by atoms with van der Waals surface area (Å²) in [7, 11) is 1.60. The number of aliphatic hydroxyl groups excluding tert-OH is 1. The van der Waals surface area contributed by atoms with Gasteiger partial charge in [0.2, 0.25) is 0 Å². The third-order valence-electron chi connectivity index (χ3n) is 2.59. The Morgan fingerprint density at radius 3 is 2.71 bits per heavy atom. The summed E-state index contributed by atoms with van der Waals surface area (Å²) in [5, 5.41) is 8.92. The second-order valence-electron chi connectivity index (χ2n) is 3.70. The summed E-state index contributed by atoms with van der Waals surface area (Å²) in [5.41, 5.74) is 1.51. The number of aliphatic hydroxyl groups is 1. The molecule has 0 aliphatic rings. The van der Waals surface area contributed by atoms with E-state index in [0.29, 0.717) is 25.3 Å². The van der Waals surface area contributed by atoms with Crippen LogP contribution in [0.5, 0.6) is 0 Å². The molecule has 0 spiro atoms. The molecule has 1 N–H and O–H groups in total. The fraction of sp³-hybridized carbons (Fsp3) is 0.462. The highest BCUT2D eigenvalue weighted by molar-refractivity contribution is 5.95. The Morgan fingerprint density at radius 1 is 1.41 bits per heavy atom. The predicted molar refractivity (Wildman–Crippen MR) is 65.8 cm³/mol. The zero-order valence-electron chi connectivity index (χ0n) is 10.3. The van der Waals surface area contributed by atoms with Gasteiger partial charge < -0.3 is 14.7 Å². The maximum atomic E-state index is 12.2. The van der Waals surface area contributed by atoms with Crippen LogP contribution in [0.4, 0.5) is 0 Å². The number of rotatable bonds is 6. The molecule has 1 rings (SSSR count). The molecule has 17 heavy (non-hydrogen) atoms. The Hall–Kier alpha value is -1.39. The predicted octanol–water partition coefficient (Wildman–Crippen LogP) is 1.29. The lowest BCUT2D eigenvalue weighted by Gasteiger charge is -2.21. The molecular weight excluding hydrogens is 218 g/mol. The topological polar surface area (TPSA) is 49.8 Å². The largest absolute Gasteiger partial charge is 0.395 e. The van der Waals surface area contributed by atoms with Crippen LogP contribution in [-0.4, -0.2) is 42.7 Å². The van der Waals surface area contributed by atoms with Crippen LogP contribution in [0.15, 0.2) is 24.3 Å². The van der Waals surface area contributed by atoms with Gasteiger partial charge in [-0.15, -0.1) is 0 Å². The SMILES string of the molecule is CCN(CCO)C(=O)c1ccccc1COC. The van der Waals surface area contributed by atoms with Gasteiger partial charge in [-0.2, -0.15) is 0 Å². The Morgan fingerprint density at radius 2 is 2.12 bits per heavy atom. The lowest BCUT2D eigenvalue weighted by Crippen LogP contribution is -2.33. The van der Waals surface area contributed by atoms with Crippen molar-refractivity contribution in [1.29, 1.82) is 0 Å². The molecule has 0 atom stereocenters. The summed E-state index contributed by atoms with van der Waals surface area (Å²) in [6.45, 7) is 3.23. The number of hydrogen-bond acceptors (Lipinski definition) is 3. The summed E-state index contributed by atoms with van der Waals surface area (Å²) in [6.07, 6.45) is 0. The number of likely N-dealkylation sites (N-methyl/N-ethyl adjacent to an activating group) is 1. The van der Waals surface area contributed by atoms with E-state index >= 15 is 0 Å². The molecule has 0 radical (unpaired) electrons. The maximum Gasteiger partial charge on any atom is 0.254 e. The van der Waals surface area contributed by atoms with Gasteiger partial charge in [-0.1, -0.05) is 18.2 Å². The number of carbonyl (C=O) groups is 1. The first-order valence-electron chi connectivity index (χ1n) is 5.71. The Labute approximate surface area is 102 Å². The van der Waals surface area contributed by atoms with Crippen molar-refractivity contribution in [2.24, 2.45) is 0 Å². The Kier molecular flexibility index (Phi) is 5.66. The van der Waals surface area contributed by atoms with Crippen molar-refractivity contribution in [3.8, 4) is 0 Å². The molecule has 0 fully saturated rings. The second-order valence-corrected chi connectivity index (χ2v) is 3.70. The molecule has 0 saturated carbocycles. The Balaban J connectivity index is 2.93. The van der Waals surface area contributed by atoms with Crippen LogP contribution >= 0.6 is 0 Å². The van der Waals surface area contributed by atoms with Gasteiger partial charge in [0, 0.05) is 25.8 Å². The molecule has 0 bridgehead atoms. The van der Waals surface area contributed by atoms with Crippen molar-refractivity contribution in [1.82, 2.24) is 4.90 Å². The molecule has 1 amide bonds. The first kappa shape index (κ1) is 13.7. The minimum atomic E-state index is -0.0609. The molecule has 0 unspecified atom stereocenters. The van der Waals surface area contributed by atoms with Gasteiger partial charge >= 0.3 is 0 Å². The molecule has 0 aliphatic heterocycles. The lowest BCUT2D eigenvalue weighted by molar-refractivity contribution is 0.0727. The molecule has 1 aromatic rings. The molecular formula is C13H19NO3. The van der Waals surface area contributed by atoms with E-state index in [2.05, 4.69) is 0 Å². The smallest absolute Gasteiger partial charge is 0.254 e. The standard InChI is InChI=1S/C13H19NO3/c1-3-14(8-9-15)13(16)12-7-5-4-6-11(12)10-17-2/h4-7,15H,3,8-10H2,1-2H3. The molecule has 0 heterocycles. The first-order chi connectivity index (χ1) is 8.24. The third-order valence-corrected chi connectivity index (χ3v) is 2.59. The number of ether oxygens (including phenoxy) is 1. The molecule has 4 heteroatoms. The summed E-state index contributed by atoms with van der Waals surface area (Å²) in [5.74, 6) is -0.0609. The fourth-order valence-electron chi connectivity index (χ4n) is 1.70. The van der Waals surface area contributed by atoms with Crippen LogP contribution in [0.25, 0.3) is 0 Å². The van der Waals surface area contributed by atoms with Crippen molar-refractivity contribution in [3.05, 3.63) is 35.4 Å². The summed E-state index contributed by atoms with van der Waals surface area (Å²) in [4.78, 5) is 13.8. The molecule has 94 valence electrons. The van der Waals surface area contributed by atoms with Crippen LogP contribution in [0.2, 0.25) is 0 Å². The summed E-state index contributed by atoms with van der Waals surface area (Å²) < 4.78 is 5.07. The van der Waals surface area contributed by atoms with Crippen molar-refractivity contribution in [2.75, 3.05) is 26.8 Å². The van der Waals surface area contributed by atoms with Crippen LogP contribution in [0.3, 0.4) is 0 Å². The number of methoxy groups -OCH3 is 1. The molecule has 0 aromatic heterocycles. The third kappa shape index (κ3) is 3.54. The molecule has 4 nitrogen and oxygen atoms in total. The highest BCUT2D eigenvalue weighted by Gasteiger charge is 2.16. The van der Waals surface area contributed by atoms with E-state index in [1.54, 1.807) is 18.1 Å².